The lowest BCUT2D eigenvalue weighted by Crippen LogP contribution is -2.44. The number of hydrogen-bond donors (Lipinski definition) is 2. The molecule has 2 aliphatic rings. The molecule has 1 saturated carbocycles. The predicted molar refractivity (Wildman–Crippen MR) is 57.7 cm³/mol. The fourth-order valence-electron chi connectivity index (χ4n) is 2.79. The van der Waals surface area contributed by atoms with Crippen molar-refractivity contribution in [3.8, 4) is 0 Å². The van der Waals surface area contributed by atoms with E-state index in [9.17, 15) is 0 Å². The molecule has 0 amide bonds. The summed E-state index contributed by atoms with van der Waals surface area (Å²) in [5.74, 6) is 8.13. The molecule has 0 spiro atoms. The number of hydrogen-bond acceptors (Lipinski definition) is 2. The second-order valence-corrected chi connectivity index (χ2v) is 4.30. The van der Waals surface area contributed by atoms with E-state index in [4.69, 9.17) is 5.84 Å². The fraction of sp³-hybridized carbons (Fsp3) is 0.900. The van der Waals surface area contributed by atoms with Gasteiger partial charge in [0.2, 0.25) is 5.96 Å². The zero-order valence-electron chi connectivity index (χ0n) is 8.87. The number of aliphatic imine (C=N–C) groups is 1. The number of nitrogens with one attached hydrogen (secondary N) is 1. The Morgan fingerprint density at radius 2 is 2.07 bits per heavy atom. The van der Waals surface area contributed by atoms with Crippen LogP contribution in [0.15, 0.2) is 4.99 Å². The Bertz CT molecular complexity index is 214. The molecule has 1 aliphatic heterocycles. The molecule has 0 radical (unpaired) electrons. The second kappa shape index (κ2) is 4.17. The Hall–Kier alpha value is -0.770. The van der Waals surface area contributed by atoms with Crippen LogP contribution in [0.1, 0.15) is 26.2 Å². The van der Waals surface area contributed by atoms with E-state index in [0.29, 0.717) is 0 Å². The molecule has 4 nitrogen and oxygen atoms in total. The number of guanidine groups is 1. The SMILES string of the molecule is CCN=C(NN)N1CC2CCCC2C1. The summed E-state index contributed by atoms with van der Waals surface area (Å²) in [6.45, 7) is 5.13. The van der Waals surface area contributed by atoms with Gasteiger partial charge >= 0.3 is 0 Å². The maximum atomic E-state index is 5.47. The zero-order chi connectivity index (χ0) is 9.97. The van der Waals surface area contributed by atoms with Gasteiger partial charge in [0.25, 0.3) is 0 Å². The highest BCUT2D eigenvalue weighted by atomic mass is 15.4. The highest BCUT2D eigenvalue weighted by Gasteiger charge is 2.37. The van der Waals surface area contributed by atoms with Gasteiger partial charge in [0.15, 0.2) is 0 Å². The van der Waals surface area contributed by atoms with E-state index in [2.05, 4.69) is 15.3 Å². The first kappa shape index (κ1) is 9.77. The second-order valence-electron chi connectivity index (χ2n) is 4.30. The van der Waals surface area contributed by atoms with Crippen molar-refractivity contribution >= 4 is 5.96 Å². The Morgan fingerprint density at radius 1 is 1.43 bits per heavy atom. The van der Waals surface area contributed by atoms with Crippen molar-refractivity contribution in [1.29, 1.82) is 0 Å². The van der Waals surface area contributed by atoms with Gasteiger partial charge in [-0.15, -0.1) is 0 Å². The van der Waals surface area contributed by atoms with Crippen molar-refractivity contribution in [1.82, 2.24) is 10.3 Å². The summed E-state index contributed by atoms with van der Waals surface area (Å²) in [4.78, 5) is 6.66. The van der Waals surface area contributed by atoms with Gasteiger partial charge < -0.3 is 4.90 Å². The molecular weight excluding hydrogens is 176 g/mol. The van der Waals surface area contributed by atoms with Crippen LogP contribution in [0.3, 0.4) is 0 Å². The zero-order valence-corrected chi connectivity index (χ0v) is 8.87. The summed E-state index contributed by atoms with van der Waals surface area (Å²) in [6, 6.07) is 0. The predicted octanol–water partition coefficient (Wildman–Crippen LogP) is 0.558. The van der Waals surface area contributed by atoms with Gasteiger partial charge in [-0.3, -0.25) is 10.4 Å². The number of fused-ring (bicyclic) bond motifs is 1. The molecular formula is C10H20N4. The smallest absolute Gasteiger partial charge is 0.208 e. The van der Waals surface area contributed by atoms with E-state index in [1.807, 2.05) is 6.92 Å². The molecule has 0 aromatic heterocycles. The number of hydrazine groups is 1. The molecule has 0 aromatic rings. The molecule has 1 saturated heterocycles. The summed E-state index contributed by atoms with van der Waals surface area (Å²) < 4.78 is 0. The third-order valence-corrected chi connectivity index (χ3v) is 3.46. The molecule has 80 valence electrons. The van der Waals surface area contributed by atoms with Crippen LogP contribution in [0.4, 0.5) is 0 Å². The van der Waals surface area contributed by atoms with Crippen LogP contribution in [0.5, 0.6) is 0 Å². The summed E-state index contributed by atoms with van der Waals surface area (Å²) >= 11 is 0. The normalized spacial score (nSPS) is 32.1. The number of nitrogens with zero attached hydrogens (tertiary/aromatic N) is 2. The molecule has 0 aromatic carbocycles. The highest BCUT2D eigenvalue weighted by Crippen LogP contribution is 2.37. The minimum absolute atomic E-state index is 0.797. The minimum Gasteiger partial charge on any atom is -0.341 e. The molecule has 2 rings (SSSR count). The Labute approximate surface area is 85.5 Å². The van der Waals surface area contributed by atoms with Gasteiger partial charge in [0, 0.05) is 19.6 Å². The molecule has 2 atom stereocenters. The summed E-state index contributed by atoms with van der Waals surface area (Å²) in [5.41, 5.74) is 2.71. The average molecular weight is 196 g/mol. The lowest BCUT2D eigenvalue weighted by Gasteiger charge is -2.20. The van der Waals surface area contributed by atoms with Crippen LogP contribution < -0.4 is 11.3 Å². The third kappa shape index (κ3) is 1.71. The van der Waals surface area contributed by atoms with Crippen molar-refractivity contribution < 1.29 is 0 Å². The van der Waals surface area contributed by atoms with E-state index in [0.717, 1.165) is 37.4 Å². The number of likely N-dealkylation sites (tertiary alicyclic amines) is 1. The van der Waals surface area contributed by atoms with Gasteiger partial charge in [0.1, 0.15) is 0 Å². The van der Waals surface area contributed by atoms with E-state index in [1.165, 1.54) is 19.3 Å². The third-order valence-electron chi connectivity index (χ3n) is 3.46. The molecule has 3 N–H and O–H groups in total. The first-order valence-electron chi connectivity index (χ1n) is 5.61. The van der Waals surface area contributed by atoms with Crippen LogP contribution >= 0.6 is 0 Å². The Morgan fingerprint density at radius 3 is 2.57 bits per heavy atom. The van der Waals surface area contributed by atoms with Crippen molar-refractivity contribution in [2.45, 2.75) is 26.2 Å². The topological polar surface area (TPSA) is 53.6 Å². The minimum atomic E-state index is 0.797. The Balaban J connectivity index is 1.97. The quantitative estimate of drug-likeness (QED) is 0.279. The van der Waals surface area contributed by atoms with Crippen molar-refractivity contribution in [2.75, 3.05) is 19.6 Å². The van der Waals surface area contributed by atoms with Crippen molar-refractivity contribution in [3.63, 3.8) is 0 Å². The molecule has 2 unspecified atom stereocenters. The maximum Gasteiger partial charge on any atom is 0.208 e. The monoisotopic (exact) mass is 196 g/mol. The van der Waals surface area contributed by atoms with Crippen molar-refractivity contribution in [2.24, 2.45) is 22.7 Å². The average Bonchev–Trinajstić information content (AvgIpc) is 2.73. The van der Waals surface area contributed by atoms with Gasteiger partial charge in [-0.1, -0.05) is 6.42 Å². The molecule has 1 heterocycles. The highest BCUT2D eigenvalue weighted by molar-refractivity contribution is 5.79. The van der Waals surface area contributed by atoms with Crippen LogP contribution in [0.2, 0.25) is 0 Å². The molecule has 14 heavy (non-hydrogen) atoms. The van der Waals surface area contributed by atoms with E-state index in [-0.39, 0.29) is 0 Å². The van der Waals surface area contributed by atoms with Gasteiger partial charge in [-0.25, -0.2) is 5.84 Å². The Kier molecular flexibility index (Phi) is 2.91. The van der Waals surface area contributed by atoms with E-state index < -0.39 is 0 Å². The molecule has 2 fully saturated rings. The summed E-state index contributed by atoms with van der Waals surface area (Å²) in [6.07, 6.45) is 4.20. The number of nitrogens with two attached hydrogens (primary N) is 1. The molecule has 0 bridgehead atoms. The molecule has 4 heteroatoms. The largest absolute Gasteiger partial charge is 0.341 e. The van der Waals surface area contributed by atoms with Crippen LogP contribution in [0.25, 0.3) is 0 Å². The van der Waals surface area contributed by atoms with Crippen LogP contribution in [0, 0.1) is 11.8 Å². The van der Waals surface area contributed by atoms with Gasteiger partial charge in [-0.2, -0.15) is 0 Å². The van der Waals surface area contributed by atoms with E-state index in [1.54, 1.807) is 0 Å². The maximum absolute atomic E-state index is 5.47. The van der Waals surface area contributed by atoms with Gasteiger partial charge in [0.05, 0.1) is 0 Å². The standard InChI is InChI=1S/C10H20N4/c1-2-12-10(13-11)14-6-8-4-3-5-9(8)7-14/h8-9H,2-7,11H2,1H3,(H,12,13). The lowest BCUT2D eigenvalue weighted by molar-refractivity contribution is 0.446. The van der Waals surface area contributed by atoms with E-state index >= 15 is 0 Å². The lowest BCUT2D eigenvalue weighted by atomic mass is 10.0. The number of rotatable bonds is 1. The fourth-order valence-corrected chi connectivity index (χ4v) is 2.79. The van der Waals surface area contributed by atoms with Crippen LogP contribution in [-0.4, -0.2) is 30.5 Å². The van der Waals surface area contributed by atoms with Crippen molar-refractivity contribution in [3.05, 3.63) is 0 Å². The summed E-state index contributed by atoms with van der Waals surface area (Å²) in [5, 5.41) is 0. The van der Waals surface area contributed by atoms with Crippen LogP contribution in [-0.2, 0) is 0 Å². The molecule has 1 aliphatic carbocycles. The first-order valence-corrected chi connectivity index (χ1v) is 5.61. The first-order chi connectivity index (χ1) is 6.85. The summed E-state index contributed by atoms with van der Waals surface area (Å²) in [7, 11) is 0. The van der Waals surface area contributed by atoms with Gasteiger partial charge in [-0.05, 0) is 31.6 Å².